The van der Waals surface area contributed by atoms with Gasteiger partial charge in [0.1, 0.15) is 13.2 Å². The van der Waals surface area contributed by atoms with E-state index in [0.717, 1.165) is 24.1 Å². The minimum Gasteiger partial charge on any atom is -0.481 e. The van der Waals surface area contributed by atoms with Crippen molar-refractivity contribution in [3.05, 3.63) is 65.2 Å². The Labute approximate surface area is 217 Å². The number of carboxylic acids is 1. The number of carboxylic acid groups (broad SMARTS) is 1. The van der Waals surface area contributed by atoms with Gasteiger partial charge in [0, 0.05) is 44.3 Å². The summed E-state index contributed by atoms with van der Waals surface area (Å²) in [5.41, 5.74) is 3.98. The topological polar surface area (TPSA) is 108 Å². The fourth-order valence-corrected chi connectivity index (χ4v) is 4.87. The molecule has 2 aromatic carbocycles. The second-order valence-corrected chi connectivity index (χ2v) is 9.80. The first-order chi connectivity index (χ1) is 17.9. The van der Waals surface area contributed by atoms with Gasteiger partial charge in [-0.1, -0.05) is 43.3 Å². The predicted octanol–water partition coefficient (Wildman–Crippen LogP) is 3.52. The summed E-state index contributed by atoms with van der Waals surface area (Å²) < 4.78 is 11.4. The molecule has 2 heterocycles. The van der Waals surface area contributed by atoms with Crippen LogP contribution in [0.3, 0.4) is 0 Å². The van der Waals surface area contributed by atoms with Crippen LogP contribution in [0.2, 0.25) is 0 Å². The molecule has 0 spiro atoms. The van der Waals surface area contributed by atoms with Crippen molar-refractivity contribution in [2.75, 3.05) is 38.1 Å². The lowest BCUT2D eigenvalue weighted by Crippen LogP contribution is -2.46. The van der Waals surface area contributed by atoms with Crippen LogP contribution in [-0.4, -0.2) is 71.8 Å². The van der Waals surface area contributed by atoms with Crippen LogP contribution in [0.25, 0.3) is 0 Å². The molecule has 0 saturated carbocycles. The Kier molecular flexibility index (Phi) is 9.14. The standard InChI is InChI=1S/C28H35N3O6/c1-20-16-31(28(35)37-18-21-5-3-2-4-6-21)14-10-25(20)36-19-26(32)29-24-8-7-22-9-12-30(13-11-27(33)34)17-23(22)15-24/h2-8,15,20,25H,9-14,16-19H2,1H3,(H,29,32)(H,33,34). The highest BCUT2D eigenvalue weighted by Gasteiger charge is 2.30. The van der Waals surface area contributed by atoms with Crippen molar-refractivity contribution >= 4 is 23.7 Å². The van der Waals surface area contributed by atoms with E-state index >= 15 is 0 Å². The van der Waals surface area contributed by atoms with Crippen LogP contribution < -0.4 is 5.32 Å². The number of nitrogens with zero attached hydrogens (tertiary/aromatic N) is 2. The molecule has 37 heavy (non-hydrogen) atoms. The Morgan fingerprint density at radius 1 is 1.08 bits per heavy atom. The number of aliphatic carboxylic acids is 1. The molecule has 1 saturated heterocycles. The molecule has 198 valence electrons. The summed E-state index contributed by atoms with van der Waals surface area (Å²) in [5, 5.41) is 11.8. The van der Waals surface area contributed by atoms with E-state index in [1.165, 1.54) is 5.56 Å². The monoisotopic (exact) mass is 509 g/mol. The summed E-state index contributed by atoms with van der Waals surface area (Å²) in [6.07, 6.45) is 1.17. The molecule has 0 aromatic heterocycles. The fourth-order valence-electron chi connectivity index (χ4n) is 4.87. The first kappa shape index (κ1) is 26.6. The Bertz CT molecular complexity index is 1090. The number of hydrogen-bond donors (Lipinski definition) is 2. The second-order valence-electron chi connectivity index (χ2n) is 9.80. The first-order valence-electron chi connectivity index (χ1n) is 12.8. The summed E-state index contributed by atoms with van der Waals surface area (Å²) in [7, 11) is 0. The van der Waals surface area contributed by atoms with E-state index in [1.807, 2.05) is 55.5 Å². The molecular formula is C28H35N3O6. The number of piperidine rings is 1. The SMILES string of the molecule is CC1CN(C(=O)OCc2ccccc2)CCC1OCC(=O)Nc1ccc2c(c1)CN(CCC(=O)O)CC2. The largest absolute Gasteiger partial charge is 0.481 e. The molecule has 0 radical (unpaired) electrons. The number of anilines is 1. The molecule has 4 rings (SSSR count). The van der Waals surface area contributed by atoms with Crippen molar-refractivity contribution in [2.24, 2.45) is 5.92 Å². The van der Waals surface area contributed by atoms with Crippen molar-refractivity contribution in [1.29, 1.82) is 0 Å². The van der Waals surface area contributed by atoms with Crippen molar-refractivity contribution < 1.29 is 29.0 Å². The van der Waals surface area contributed by atoms with Gasteiger partial charge >= 0.3 is 12.1 Å². The van der Waals surface area contributed by atoms with E-state index < -0.39 is 5.97 Å². The summed E-state index contributed by atoms with van der Waals surface area (Å²) in [6, 6.07) is 15.5. The number of ether oxygens (including phenoxy) is 2. The highest BCUT2D eigenvalue weighted by Crippen LogP contribution is 2.24. The number of fused-ring (bicyclic) bond motifs is 1. The minimum atomic E-state index is -0.796. The van der Waals surface area contributed by atoms with Crippen LogP contribution in [-0.2, 0) is 38.6 Å². The van der Waals surface area contributed by atoms with E-state index in [4.69, 9.17) is 14.6 Å². The normalized spacial score (nSPS) is 19.6. The molecule has 0 aliphatic carbocycles. The van der Waals surface area contributed by atoms with E-state index in [-0.39, 0.29) is 43.7 Å². The van der Waals surface area contributed by atoms with Crippen LogP contribution in [0, 0.1) is 5.92 Å². The van der Waals surface area contributed by atoms with Crippen LogP contribution >= 0.6 is 0 Å². The van der Waals surface area contributed by atoms with Crippen molar-refractivity contribution in [3.63, 3.8) is 0 Å². The van der Waals surface area contributed by atoms with E-state index in [9.17, 15) is 14.4 Å². The third-order valence-electron chi connectivity index (χ3n) is 6.94. The molecule has 2 unspecified atom stereocenters. The van der Waals surface area contributed by atoms with Crippen molar-refractivity contribution in [1.82, 2.24) is 9.80 Å². The third-order valence-corrected chi connectivity index (χ3v) is 6.94. The van der Waals surface area contributed by atoms with Crippen LogP contribution in [0.1, 0.15) is 36.5 Å². The number of rotatable bonds is 9. The second kappa shape index (κ2) is 12.7. The zero-order chi connectivity index (χ0) is 26.2. The number of benzene rings is 2. The average molecular weight is 510 g/mol. The van der Waals surface area contributed by atoms with E-state index in [0.29, 0.717) is 38.3 Å². The van der Waals surface area contributed by atoms with Crippen LogP contribution in [0.5, 0.6) is 0 Å². The Morgan fingerprint density at radius 3 is 2.65 bits per heavy atom. The molecular weight excluding hydrogens is 474 g/mol. The molecule has 2 N–H and O–H groups in total. The van der Waals surface area contributed by atoms with Gasteiger partial charge in [0.15, 0.2) is 0 Å². The van der Waals surface area contributed by atoms with Crippen molar-refractivity contribution in [3.8, 4) is 0 Å². The number of likely N-dealkylation sites (tertiary alicyclic amines) is 1. The van der Waals surface area contributed by atoms with Crippen LogP contribution in [0.4, 0.5) is 10.5 Å². The zero-order valence-corrected chi connectivity index (χ0v) is 21.2. The summed E-state index contributed by atoms with van der Waals surface area (Å²) >= 11 is 0. The number of amides is 2. The molecule has 2 aromatic rings. The third kappa shape index (κ3) is 7.77. The summed E-state index contributed by atoms with van der Waals surface area (Å²) in [6.45, 7) is 5.26. The zero-order valence-electron chi connectivity index (χ0n) is 21.2. The highest BCUT2D eigenvalue weighted by molar-refractivity contribution is 5.91. The Morgan fingerprint density at radius 2 is 1.89 bits per heavy atom. The quantitative estimate of drug-likeness (QED) is 0.532. The minimum absolute atomic E-state index is 0.0602. The van der Waals surface area contributed by atoms with Gasteiger partial charge < -0.3 is 24.8 Å². The van der Waals surface area contributed by atoms with Crippen molar-refractivity contribution in [2.45, 2.75) is 45.4 Å². The molecule has 9 heteroatoms. The molecule has 9 nitrogen and oxygen atoms in total. The lowest BCUT2D eigenvalue weighted by atomic mass is 9.97. The lowest BCUT2D eigenvalue weighted by molar-refractivity contribution is -0.137. The summed E-state index contributed by atoms with van der Waals surface area (Å²) in [5.74, 6) is -0.948. The molecule has 2 atom stereocenters. The average Bonchev–Trinajstić information content (AvgIpc) is 2.90. The van der Waals surface area contributed by atoms with E-state index in [1.54, 1.807) is 4.90 Å². The van der Waals surface area contributed by atoms with Gasteiger partial charge in [-0.05, 0) is 41.7 Å². The molecule has 2 aliphatic rings. The van der Waals surface area contributed by atoms with Gasteiger partial charge in [-0.2, -0.15) is 0 Å². The molecule has 0 bridgehead atoms. The maximum absolute atomic E-state index is 12.6. The van der Waals surface area contributed by atoms with Crippen LogP contribution in [0.15, 0.2) is 48.5 Å². The van der Waals surface area contributed by atoms with Gasteiger partial charge in [-0.15, -0.1) is 0 Å². The smallest absolute Gasteiger partial charge is 0.410 e. The highest BCUT2D eigenvalue weighted by atomic mass is 16.6. The molecule has 1 fully saturated rings. The maximum atomic E-state index is 12.6. The number of nitrogens with one attached hydrogen (secondary N) is 1. The van der Waals surface area contributed by atoms with Gasteiger partial charge in [0.05, 0.1) is 12.5 Å². The lowest BCUT2D eigenvalue weighted by Gasteiger charge is -2.36. The van der Waals surface area contributed by atoms with Gasteiger partial charge in [0.25, 0.3) is 0 Å². The Balaban J connectivity index is 1.20. The Hall–Kier alpha value is -3.43. The fraction of sp³-hybridized carbons (Fsp3) is 0.464. The first-order valence-corrected chi connectivity index (χ1v) is 12.8. The summed E-state index contributed by atoms with van der Waals surface area (Å²) in [4.78, 5) is 39.7. The maximum Gasteiger partial charge on any atom is 0.410 e. The number of carbonyl (C=O) groups is 3. The number of hydrogen-bond acceptors (Lipinski definition) is 6. The predicted molar refractivity (Wildman–Crippen MR) is 138 cm³/mol. The van der Waals surface area contributed by atoms with Gasteiger partial charge in [0.2, 0.25) is 5.91 Å². The van der Waals surface area contributed by atoms with Gasteiger partial charge in [-0.3, -0.25) is 14.5 Å². The van der Waals surface area contributed by atoms with Gasteiger partial charge in [-0.25, -0.2) is 4.79 Å². The molecule has 2 amide bonds. The number of carbonyl (C=O) groups excluding carboxylic acids is 2. The van der Waals surface area contributed by atoms with E-state index in [2.05, 4.69) is 10.2 Å². The molecule has 2 aliphatic heterocycles.